The van der Waals surface area contributed by atoms with E-state index < -0.39 is 12.1 Å². The highest BCUT2D eigenvalue weighted by Crippen LogP contribution is 2.40. The Morgan fingerprint density at radius 2 is 1.62 bits per heavy atom. The van der Waals surface area contributed by atoms with Crippen LogP contribution in [0, 0.1) is 5.41 Å². The van der Waals surface area contributed by atoms with Gasteiger partial charge in [0.15, 0.2) is 6.10 Å². The molecule has 12 nitrogen and oxygen atoms in total. The molecule has 1 saturated carbocycles. The number of hydrogen-bond donors (Lipinski definition) is 4. The lowest BCUT2D eigenvalue weighted by Gasteiger charge is -2.36. The van der Waals surface area contributed by atoms with Gasteiger partial charge in [0.1, 0.15) is 11.6 Å². The standard InChI is InChI=1S/C35H54BrN5O7/c1-3-4-11-30(32(42)43)48-25-10-23-46-21-6-5-20-45-22-9-24-47-28-14-12-27(13-15-28)40-34-39-26-29(36)31(41-34)37-18-8-19-38-33(44)35(2)16-7-17-35/h12-15,26,30H,3-11,16-25H2,1-2H3,(H,38,44)(H,42,43)(H2,37,39,40,41). The normalized spacial score (nSPS) is 14.1. The number of benzene rings is 1. The van der Waals surface area contributed by atoms with E-state index in [1.54, 1.807) is 6.20 Å². The number of anilines is 3. The number of carboxylic acid groups (broad SMARTS) is 1. The molecule has 0 aliphatic heterocycles. The van der Waals surface area contributed by atoms with Crippen molar-refractivity contribution in [3.8, 4) is 5.75 Å². The maximum Gasteiger partial charge on any atom is 0.332 e. The number of nitrogens with one attached hydrogen (secondary N) is 3. The van der Waals surface area contributed by atoms with Crippen LogP contribution in [0.25, 0.3) is 0 Å². The SMILES string of the molecule is CCCCC(OCCCOCCCCOCCCOc1ccc(Nc2ncc(Br)c(NCCCNC(=O)C3(C)CCC3)n2)cc1)C(=O)O. The Morgan fingerprint density at radius 3 is 2.27 bits per heavy atom. The number of halogens is 1. The van der Waals surface area contributed by atoms with Crippen LogP contribution in [-0.4, -0.2) is 85.8 Å². The van der Waals surface area contributed by atoms with Crippen molar-refractivity contribution < 1.29 is 33.6 Å². The van der Waals surface area contributed by atoms with Gasteiger partial charge < -0.3 is 40.0 Å². The summed E-state index contributed by atoms with van der Waals surface area (Å²) in [6, 6.07) is 7.65. The van der Waals surface area contributed by atoms with Crippen LogP contribution in [0.2, 0.25) is 0 Å². The number of unbranched alkanes of at least 4 members (excludes halogenated alkanes) is 2. The molecule has 1 aliphatic rings. The Bertz CT molecular complexity index is 1220. The van der Waals surface area contributed by atoms with Crippen molar-refractivity contribution >= 4 is 45.3 Å². The summed E-state index contributed by atoms with van der Waals surface area (Å²) >= 11 is 3.50. The van der Waals surface area contributed by atoms with Gasteiger partial charge >= 0.3 is 5.97 Å². The van der Waals surface area contributed by atoms with Crippen LogP contribution in [0.4, 0.5) is 17.5 Å². The molecule has 1 fully saturated rings. The third kappa shape index (κ3) is 15.0. The number of carboxylic acids is 1. The van der Waals surface area contributed by atoms with Crippen LogP contribution >= 0.6 is 15.9 Å². The molecule has 0 spiro atoms. The average molecular weight is 737 g/mol. The van der Waals surface area contributed by atoms with Gasteiger partial charge in [0.2, 0.25) is 11.9 Å². The number of nitrogens with zero attached hydrogens (tertiary/aromatic N) is 2. The fourth-order valence-corrected chi connectivity index (χ4v) is 5.31. The van der Waals surface area contributed by atoms with Crippen LogP contribution in [0.15, 0.2) is 34.9 Å². The van der Waals surface area contributed by atoms with E-state index in [1.807, 2.05) is 38.1 Å². The lowest BCUT2D eigenvalue weighted by atomic mass is 9.70. The molecule has 0 bridgehead atoms. The molecule has 0 saturated heterocycles. The van der Waals surface area contributed by atoms with Gasteiger partial charge in [0.25, 0.3) is 0 Å². The minimum Gasteiger partial charge on any atom is -0.494 e. The molecule has 4 N–H and O–H groups in total. The molecule has 48 heavy (non-hydrogen) atoms. The minimum atomic E-state index is -0.889. The van der Waals surface area contributed by atoms with Crippen molar-refractivity contribution in [2.45, 2.75) is 90.6 Å². The van der Waals surface area contributed by atoms with Crippen molar-refractivity contribution in [1.82, 2.24) is 15.3 Å². The van der Waals surface area contributed by atoms with E-state index in [2.05, 4.69) is 41.8 Å². The molecule has 1 aromatic carbocycles. The number of amides is 1. The Balaban J connectivity index is 1.18. The Morgan fingerprint density at radius 1 is 0.938 bits per heavy atom. The predicted molar refractivity (Wildman–Crippen MR) is 190 cm³/mol. The summed E-state index contributed by atoms with van der Waals surface area (Å²) in [7, 11) is 0. The maximum atomic E-state index is 12.3. The number of aromatic nitrogens is 2. The number of hydrogen-bond acceptors (Lipinski definition) is 10. The monoisotopic (exact) mass is 735 g/mol. The van der Waals surface area contributed by atoms with Crippen LogP contribution in [-0.2, 0) is 23.8 Å². The molecular formula is C35H54BrN5O7. The molecule has 1 amide bonds. The van der Waals surface area contributed by atoms with Crippen molar-refractivity contribution in [3.63, 3.8) is 0 Å². The summed E-state index contributed by atoms with van der Waals surface area (Å²) in [6.07, 6.45) is 10.6. The van der Waals surface area contributed by atoms with E-state index in [-0.39, 0.29) is 11.3 Å². The van der Waals surface area contributed by atoms with E-state index in [4.69, 9.17) is 24.1 Å². The molecule has 1 unspecified atom stereocenters. The fourth-order valence-electron chi connectivity index (χ4n) is 4.98. The second-order valence-corrected chi connectivity index (χ2v) is 13.2. The minimum absolute atomic E-state index is 0.159. The van der Waals surface area contributed by atoms with E-state index >= 15 is 0 Å². The van der Waals surface area contributed by atoms with E-state index in [9.17, 15) is 9.59 Å². The van der Waals surface area contributed by atoms with Crippen LogP contribution in [0.1, 0.15) is 84.5 Å². The predicted octanol–water partition coefficient (Wildman–Crippen LogP) is 6.72. The molecule has 268 valence electrons. The Hall–Kier alpha value is -3.00. The third-order valence-corrected chi connectivity index (χ3v) is 8.75. The molecular weight excluding hydrogens is 682 g/mol. The number of carbonyl (C=O) groups is 2. The summed E-state index contributed by atoms with van der Waals surface area (Å²) in [6.45, 7) is 8.87. The number of ether oxygens (including phenoxy) is 4. The Labute approximate surface area is 293 Å². The number of aliphatic carboxylic acids is 1. The summed E-state index contributed by atoms with van der Waals surface area (Å²) in [4.78, 5) is 32.4. The summed E-state index contributed by atoms with van der Waals surface area (Å²) < 4.78 is 23.4. The van der Waals surface area contributed by atoms with Gasteiger partial charge in [-0.15, -0.1) is 0 Å². The third-order valence-electron chi connectivity index (χ3n) is 8.17. The molecule has 2 aromatic rings. The Kier molecular flexibility index (Phi) is 18.6. The second kappa shape index (κ2) is 22.6. The second-order valence-electron chi connectivity index (χ2n) is 12.3. The zero-order valence-electron chi connectivity index (χ0n) is 28.6. The fraction of sp³-hybridized carbons (Fsp3) is 0.657. The first kappa shape index (κ1) is 39.4. The summed E-state index contributed by atoms with van der Waals surface area (Å²) in [5.41, 5.74) is 0.671. The van der Waals surface area contributed by atoms with Crippen molar-refractivity contribution in [2.75, 3.05) is 63.4 Å². The summed E-state index contributed by atoms with van der Waals surface area (Å²) in [5.74, 6) is 1.21. The zero-order chi connectivity index (χ0) is 34.5. The first-order valence-corrected chi connectivity index (χ1v) is 18.1. The maximum absolute atomic E-state index is 12.3. The van der Waals surface area contributed by atoms with E-state index in [0.29, 0.717) is 77.3 Å². The van der Waals surface area contributed by atoms with Crippen LogP contribution in [0.3, 0.4) is 0 Å². The molecule has 0 radical (unpaired) electrons. The number of rotatable bonds is 27. The molecule has 1 atom stereocenters. The van der Waals surface area contributed by atoms with Gasteiger partial charge in [-0.2, -0.15) is 4.98 Å². The van der Waals surface area contributed by atoms with Gasteiger partial charge in [-0.1, -0.05) is 33.1 Å². The van der Waals surface area contributed by atoms with Gasteiger partial charge in [0.05, 0.1) is 11.1 Å². The lowest BCUT2D eigenvalue weighted by Crippen LogP contribution is -2.43. The molecule has 1 aliphatic carbocycles. The highest BCUT2D eigenvalue weighted by atomic mass is 79.9. The smallest absolute Gasteiger partial charge is 0.332 e. The lowest BCUT2D eigenvalue weighted by molar-refractivity contribution is -0.151. The zero-order valence-corrected chi connectivity index (χ0v) is 30.2. The summed E-state index contributed by atoms with van der Waals surface area (Å²) in [5, 5.41) is 18.8. The highest BCUT2D eigenvalue weighted by molar-refractivity contribution is 9.10. The van der Waals surface area contributed by atoms with Crippen LogP contribution < -0.4 is 20.7 Å². The highest BCUT2D eigenvalue weighted by Gasteiger charge is 2.38. The van der Waals surface area contributed by atoms with Crippen molar-refractivity contribution in [3.05, 3.63) is 34.9 Å². The quantitative estimate of drug-likeness (QED) is 0.0723. The molecule has 3 rings (SSSR count). The van der Waals surface area contributed by atoms with Gasteiger partial charge in [0, 0.05) is 69.8 Å². The van der Waals surface area contributed by atoms with Gasteiger partial charge in [-0.25, -0.2) is 9.78 Å². The molecule has 13 heteroatoms. The van der Waals surface area contributed by atoms with Gasteiger partial charge in [-0.05, 0) is 85.1 Å². The molecule has 1 heterocycles. The van der Waals surface area contributed by atoms with Gasteiger partial charge in [-0.3, -0.25) is 4.79 Å². The van der Waals surface area contributed by atoms with E-state index in [1.165, 1.54) is 0 Å². The van der Waals surface area contributed by atoms with Crippen molar-refractivity contribution in [2.24, 2.45) is 5.41 Å². The topological polar surface area (TPSA) is 153 Å². The number of carbonyl (C=O) groups excluding carboxylic acids is 1. The van der Waals surface area contributed by atoms with E-state index in [0.717, 1.165) is 73.7 Å². The van der Waals surface area contributed by atoms with Crippen molar-refractivity contribution in [1.29, 1.82) is 0 Å². The largest absolute Gasteiger partial charge is 0.494 e. The van der Waals surface area contributed by atoms with Crippen LogP contribution in [0.5, 0.6) is 5.75 Å². The first-order chi connectivity index (χ1) is 23.3. The molecule has 1 aromatic heterocycles. The average Bonchev–Trinajstić information content (AvgIpc) is 3.06. The first-order valence-electron chi connectivity index (χ1n) is 17.4.